The number of carbonyl (C=O) groups excluding carboxylic acids is 2. The van der Waals surface area contributed by atoms with Crippen molar-refractivity contribution in [2.45, 2.75) is 44.9 Å². The van der Waals surface area contributed by atoms with Gasteiger partial charge in [-0.05, 0) is 43.4 Å². The standard InChI is InChI=1S/C20H29N3O2/c1-2-21-20(25)23-14-12-22(13-15-23)19(24)18-10-8-17(9-11-18)16-6-4-3-5-7-16/h8-11,16H,2-7,12-15H2,1H3,(H,21,25). The van der Waals surface area contributed by atoms with Crippen LogP contribution in [0.3, 0.4) is 0 Å². The minimum Gasteiger partial charge on any atom is -0.338 e. The van der Waals surface area contributed by atoms with Crippen molar-refractivity contribution in [3.8, 4) is 0 Å². The van der Waals surface area contributed by atoms with Crippen LogP contribution >= 0.6 is 0 Å². The Bertz CT molecular complexity index is 585. The number of piperazine rings is 1. The Morgan fingerprint density at radius 1 is 0.960 bits per heavy atom. The highest BCUT2D eigenvalue weighted by molar-refractivity contribution is 5.94. The van der Waals surface area contributed by atoms with Crippen LogP contribution in [0.5, 0.6) is 0 Å². The first-order chi connectivity index (χ1) is 12.2. The van der Waals surface area contributed by atoms with Crippen LogP contribution in [0.2, 0.25) is 0 Å². The van der Waals surface area contributed by atoms with Crippen molar-refractivity contribution in [1.82, 2.24) is 15.1 Å². The third-order valence-corrected chi connectivity index (χ3v) is 5.42. The van der Waals surface area contributed by atoms with Crippen molar-refractivity contribution in [3.63, 3.8) is 0 Å². The number of benzene rings is 1. The molecule has 1 heterocycles. The zero-order valence-electron chi connectivity index (χ0n) is 15.2. The zero-order valence-corrected chi connectivity index (χ0v) is 15.2. The van der Waals surface area contributed by atoms with E-state index in [4.69, 9.17) is 0 Å². The fourth-order valence-corrected chi connectivity index (χ4v) is 3.89. The van der Waals surface area contributed by atoms with E-state index in [1.165, 1.54) is 37.7 Å². The lowest BCUT2D eigenvalue weighted by atomic mass is 9.84. The monoisotopic (exact) mass is 343 g/mol. The lowest BCUT2D eigenvalue weighted by Gasteiger charge is -2.34. The summed E-state index contributed by atoms with van der Waals surface area (Å²) in [6, 6.07) is 8.18. The van der Waals surface area contributed by atoms with Gasteiger partial charge in [0.25, 0.3) is 5.91 Å². The first-order valence-corrected chi connectivity index (χ1v) is 9.61. The Kier molecular flexibility index (Phi) is 5.95. The molecule has 5 nitrogen and oxygen atoms in total. The van der Waals surface area contributed by atoms with Gasteiger partial charge in [-0.3, -0.25) is 4.79 Å². The number of urea groups is 1. The van der Waals surface area contributed by atoms with Gasteiger partial charge in [-0.15, -0.1) is 0 Å². The fraction of sp³-hybridized carbons (Fsp3) is 0.600. The number of hydrogen-bond acceptors (Lipinski definition) is 2. The second kappa shape index (κ2) is 8.37. The Labute approximate surface area is 150 Å². The molecule has 1 aromatic rings. The number of nitrogens with one attached hydrogen (secondary N) is 1. The summed E-state index contributed by atoms with van der Waals surface area (Å²) >= 11 is 0. The van der Waals surface area contributed by atoms with Gasteiger partial charge in [0.15, 0.2) is 0 Å². The molecular formula is C20H29N3O2. The maximum absolute atomic E-state index is 12.7. The summed E-state index contributed by atoms with van der Waals surface area (Å²) in [5.41, 5.74) is 2.13. The van der Waals surface area contributed by atoms with Gasteiger partial charge in [0.05, 0.1) is 0 Å². The predicted octanol–water partition coefficient (Wildman–Crippen LogP) is 3.22. The highest BCUT2D eigenvalue weighted by Gasteiger charge is 2.24. The van der Waals surface area contributed by atoms with Crippen LogP contribution in [0.15, 0.2) is 24.3 Å². The molecule has 3 rings (SSSR count). The topological polar surface area (TPSA) is 52.7 Å². The zero-order chi connectivity index (χ0) is 17.6. The van der Waals surface area contributed by atoms with E-state index in [0.29, 0.717) is 38.6 Å². The normalized spacial score (nSPS) is 18.9. The summed E-state index contributed by atoms with van der Waals surface area (Å²) in [6.45, 7) is 4.93. The third-order valence-electron chi connectivity index (χ3n) is 5.42. The summed E-state index contributed by atoms with van der Waals surface area (Å²) in [6.07, 6.45) is 6.54. The molecule has 1 saturated carbocycles. The smallest absolute Gasteiger partial charge is 0.317 e. The molecule has 1 aliphatic carbocycles. The predicted molar refractivity (Wildman–Crippen MR) is 98.8 cm³/mol. The van der Waals surface area contributed by atoms with Gasteiger partial charge in [0.2, 0.25) is 0 Å². The molecule has 0 radical (unpaired) electrons. The maximum atomic E-state index is 12.7. The second-order valence-corrected chi connectivity index (χ2v) is 7.07. The van der Waals surface area contributed by atoms with Gasteiger partial charge in [0, 0.05) is 38.3 Å². The minimum absolute atomic E-state index is 0.0357. The minimum atomic E-state index is -0.0357. The van der Waals surface area contributed by atoms with Crippen molar-refractivity contribution < 1.29 is 9.59 Å². The van der Waals surface area contributed by atoms with Crippen LogP contribution in [-0.2, 0) is 0 Å². The van der Waals surface area contributed by atoms with E-state index in [2.05, 4.69) is 17.4 Å². The molecule has 1 saturated heterocycles. The summed E-state index contributed by atoms with van der Waals surface area (Å²) in [5, 5.41) is 2.81. The largest absolute Gasteiger partial charge is 0.338 e. The highest BCUT2D eigenvalue weighted by atomic mass is 16.2. The summed E-state index contributed by atoms with van der Waals surface area (Å²) in [5.74, 6) is 0.740. The van der Waals surface area contributed by atoms with Crippen molar-refractivity contribution in [1.29, 1.82) is 0 Å². The van der Waals surface area contributed by atoms with Gasteiger partial charge in [-0.2, -0.15) is 0 Å². The van der Waals surface area contributed by atoms with Crippen molar-refractivity contribution in [3.05, 3.63) is 35.4 Å². The van der Waals surface area contributed by atoms with Crippen LogP contribution in [-0.4, -0.2) is 54.5 Å². The summed E-state index contributed by atoms with van der Waals surface area (Å²) in [4.78, 5) is 28.2. The number of hydrogen-bond donors (Lipinski definition) is 1. The molecule has 0 atom stereocenters. The SMILES string of the molecule is CCNC(=O)N1CCN(C(=O)c2ccc(C3CCCCC3)cc2)CC1. The average molecular weight is 343 g/mol. The molecule has 1 aromatic carbocycles. The lowest BCUT2D eigenvalue weighted by molar-refractivity contribution is 0.0665. The molecule has 0 aromatic heterocycles. The van der Waals surface area contributed by atoms with Gasteiger partial charge >= 0.3 is 6.03 Å². The lowest BCUT2D eigenvalue weighted by Crippen LogP contribution is -2.53. The van der Waals surface area contributed by atoms with E-state index < -0.39 is 0 Å². The highest BCUT2D eigenvalue weighted by Crippen LogP contribution is 2.32. The first-order valence-electron chi connectivity index (χ1n) is 9.61. The second-order valence-electron chi connectivity index (χ2n) is 7.07. The Morgan fingerprint density at radius 2 is 1.56 bits per heavy atom. The van der Waals surface area contributed by atoms with E-state index in [0.717, 1.165) is 5.56 Å². The number of rotatable bonds is 3. The number of amides is 3. The molecule has 25 heavy (non-hydrogen) atoms. The van der Waals surface area contributed by atoms with Crippen LogP contribution < -0.4 is 5.32 Å². The molecule has 136 valence electrons. The summed E-state index contributed by atoms with van der Waals surface area (Å²) in [7, 11) is 0. The fourth-order valence-electron chi connectivity index (χ4n) is 3.89. The molecule has 0 spiro atoms. The number of carbonyl (C=O) groups is 2. The molecular weight excluding hydrogens is 314 g/mol. The van der Waals surface area contributed by atoms with E-state index in [-0.39, 0.29) is 11.9 Å². The van der Waals surface area contributed by atoms with Gasteiger partial charge in [-0.1, -0.05) is 31.4 Å². The van der Waals surface area contributed by atoms with Gasteiger partial charge in [-0.25, -0.2) is 4.79 Å². The van der Waals surface area contributed by atoms with Crippen LogP contribution in [0.1, 0.15) is 60.9 Å². The number of nitrogens with zero attached hydrogens (tertiary/aromatic N) is 2. The Hall–Kier alpha value is -2.04. The molecule has 0 bridgehead atoms. The molecule has 3 amide bonds. The van der Waals surface area contributed by atoms with E-state index in [1.807, 2.05) is 24.0 Å². The van der Waals surface area contributed by atoms with Crippen molar-refractivity contribution in [2.75, 3.05) is 32.7 Å². The maximum Gasteiger partial charge on any atom is 0.317 e. The van der Waals surface area contributed by atoms with Gasteiger partial charge in [0.1, 0.15) is 0 Å². The van der Waals surface area contributed by atoms with E-state index >= 15 is 0 Å². The van der Waals surface area contributed by atoms with Crippen LogP contribution in [0, 0.1) is 0 Å². The van der Waals surface area contributed by atoms with E-state index in [9.17, 15) is 9.59 Å². The Balaban J connectivity index is 1.55. The van der Waals surface area contributed by atoms with E-state index in [1.54, 1.807) is 4.90 Å². The van der Waals surface area contributed by atoms with Crippen molar-refractivity contribution >= 4 is 11.9 Å². The molecule has 2 fully saturated rings. The van der Waals surface area contributed by atoms with Crippen molar-refractivity contribution in [2.24, 2.45) is 0 Å². The van der Waals surface area contributed by atoms with Crippen LogP contribution in [0.4, 0.5) is 4.79 Å². The Morgan fingerprint density at radius 3 is 2.16 bits per heavy atom. The first kappa shape index (κ1) is 17.8. The quantitative estimate of drug-likeness (QED) is 0.916. The average Bonchev–Trinajstić information content (AvgIpc) is 2.68. The molecule has 2 aliphatic rings. The molecule has 0 unspecified atom stereocenters. The molecule has 5 heteroatoms. The summed E-state index contributed by atoms with van der Waals surface area (Å²) < 4.78 is 0. The molecule has 1 N–H and O–H groups in total. The van der Waals surface area contributed by atoms with Crippen LogP contribution in [0.25, 0.3) is 0 Å². The third kappa shape index (κ3) is 4.33. The van der Waals surface area contributed by atoms with Gasteiger partial charge < -0.3 is 15.1 Å². The molecule has 1 aliphatic heterocycles.